The average molecular weight is 351 g/mol. The van der Waals surface area contributed by atoms with E-state index in [4.69, 9.17) is 5.73 Å². The molecule has 23 heavy (non-hydrogen) atoms. The highest BCUT2D eigenvalue weighted by Crippen LogP contribution is 2.29. The zero-order valence-corrected chi connectivity index (χ0v) is 15.3. The summed E-state index contributed by atoms with van der Waals surface area (Å²) in [5.41, 5.74) is 7.54. The molecule has 2 heterocycles. The van der Waals surface area contributed by atoms with Gasteiger partial charge in [0.05, 0.1) is 18.3 Å². The van der Waals surface area contributed by atoms with Gasteiger partial charge in [-0.1, -0.05) is 6.92 Å². The number of nitrogens with one attached hydrogen (secondary N) is 1. The summed E-state index contributed by atoms with van der Waals surface area (Å²) >= 11 is 3.21. The van der Waals surface area contributed by atoms with Crippen LogP contribution >= 0.6 is 22.7 Å². The number of aromatic nitrogens is 2. The fraction of sp³-hybridized carbons (Fsp3) is 0.562. The number of carbonyl (C=O) groups is 1. The SMILES string of the molecule is Cc1sc(C(C)N)nc1C(=O)NCc1nc2c(s1)CC(C)CC2. The number of hydrogen-bond donors (Lipinski definition) is 2. The van der Waals surface area contributed by atoms with Gasteiger partial charge in [0, 0.05) is 9.75 Å². The van der Waals surface area contributed by atoms with Gasteiger partial charge in [0.1, 0.15) is 15.7 Å². The molecule has 5 nitrogen and oxygen atoms in total. The maximum absolute atomic E-state index is 12.3. The minimum Gasteiger partial charge on any atom is -0.344 e. The lowest BCUT2D eigenvalue weighted by Crippen LogP contribution is -2.24. The highest BCUT2D eigenvalue weighted by Gasteiger charge is 2.21. The van der Waals surface area contributed by atoms with E-state index in [0.717, 1.165) is 33.7 Å². The van der Waals surface area contributed by atoms with Crippen molar-refractivity contribution in [3.8, 4) is 0 Å². The molecule has 0 saturated heterocycles. The number of carbonyl (C=O) groups excluding carboxylic acids is 1. The molecule has 0 bridgehead atoms. The fourth-order valence-corrected chi connectivity index (χ4v) is 4.82. The Labute approximate surface area is 144 Å². The topological polar surface area (TPSA) is 80.9 Å². The molecular formula is C16H22N4OS2. The number of hydrogen-bond acceptors (Lipinski definition) is 6. The van der Waals surface area contributed by atoms with E-state index < -0.39 is 0 Å². The van der Waals surface area contributed by atoms with Gasteiger partial charge >= 0.3 is 0 Å². The lowest BCUT2D eigenvalue weighted by molar-refractivity contribution is 0.0946. The van der Waals surface area contributed by atoms with Crippen LogP contribution in [0.3, 0.4) is 0 Å². The molecule has 2 aromatic rings. The number of aryl methyl sites for hydroxylation is 2. The first-order chi connectivity index (χ1) is 10.9. The molecule has 3 N–H and O–H groups in total. The van der Waals surface area contributed by atoms with Gasteiger partial charge in [0.15, 0.2) is 0 Å². The van der Waals surface area contributed by atoms with Crippen molar-refractivity contribution in [1.29, 1.82) is 0 Å². The molecule has 3 rings (SSSR count). The number of fused-ring (bicyclic) bond motifs is 1. The van der Waals surface area contributed by atoms with E-state index in [1.54, 1.807) is 11.3 Å². The van der Waals surface area contributed by atoms with Crippen LogP contribution in [0.5, 0.6) is 0 Å². The lowest BCUT2D eigenvalue weighted by atomic mass is 9.93. The largest absolute Gasteiger partial charge is 0.344 e. The minimum atomic E-state index is -0.146. The standard InChI is InChI=1S/C16H22N4OS2/c1-8-4-5-11-12(6-8)23-13(19-11)7-18-15(21)14-10(3)22-16(20-14)9(2)17/h8-9H,4-7,17H2,1-3H3,(H,18,21). The molecule has 2 aromatic heterocycles. The van der Waals surface area contributed by atoms with Crippen LogP contribution in [0.25, 0.3) is 0 Å². The average Bonchev–Trinajstić information content (AvgIpc) is 3.07. The first kappa shape index (κ1) is 16.5. The number of nitrogens with two attached hydrogens (primary N) is 1. The molecule has 0 aromatic carbocycles. The normalized spacial score (nSPS) is 18.5. The van der Waals surface area contributed by atoms with Gasteiger partial charge in [0.2, 0.25) is 0 Å². The third-order valence-corrected chi connectivity index (χ3v) is 6.34. The molecule has 0 fully saturated rings. The molecule has 0 aliphatic heterocycles. The van der Waals surface area contributed by atoms with Gasteiger partial charge in [-0.3, -0.25) is 4.79 Å². The molecule has 1 aliphatic carbocycles. The van der Waals surface area contributed by atoms with E-state index in [2.05, 4.69) is 22.2 Å². The first-order valence-electron chi connectivity index (χ1n) is 7.92. The summed E-state index contributed by atoms with van der Waals surface area (Å²) in [5, 5.41) is 4.72. The Hall–Kier alpha value is -1.31. The number of thiazole rings is 2. The van der Waals surface area contributed by atoms with Crippen LogP contribution in [0.15, 0.2) is 0 Å². The quantitative estimate of drug-likeness (QED) is 0.888. The van der Waals surface area contributed by atoms with E-state index >= 15 is 0 Å². The van der Waals surface area contributed by atoms with Gasteiger partial charge in [-0.05, 0) is 39.0 Å². The van der Waals surface area contributed by atoms with Gasteiger partial charge in [-0.2, -0.15) is 0 Å². The van der Waals surface area contributed by atoms with Crippen LogP contribution in [-0.2, 0) is 19.4 Å². The van der Waals surface area contributed by atoms with E-state index in [-0.39, 0.29) is 11.9 Å². The summed E-state index contributed by atoms with van der Waals surface area (Å²) in [6.07, 6.45) is 3.38. The van der Waals surface area contributed by atoms with Crippen LogP contribution in [0.2, 0.25) is 0 Å². The predicted molar refractivity (Wildman–Crippen MR) is 93.9 cm³/mol. The predicted octanol–water partition coefficient (Wildman–Crippen LogP) is 2.98. The van der Waals surface area contributed by atoms with Crippen molar-refractivity contribution in [1.82, 2.24) is 15.3 Å². The Morgan fingerprint density at radius 3 is 2.91 bits per heavy atom. The highest BCUT2D eigenvalue weighted by molar-refractivity contribution is 7.12. The molecule has 7 heteroatoms. The third kappa shape index (κ3) is 3.62. The maximum Gasteiger partial charge on any atom is 0.271 e. The lowest BCUT2D eigenvalue weighted by Gasteiger charge is -2.15. The van der Waals surface area contributed by atoms with Gasteiger partial charge in [0.25, 0.3) is 5.91 Å². The molecule has 2 unspecified atom stereocenters. The van der Waals surface area contributed by atoms with Gasteiger partial charge in [-0.15, -0.1) is 22.7 Å². The molecular weight excluding hydrogens is 328 g/mol. The Morgan fingerprint density at radius 2 is 2.22 bits per heavy atom. The highest BCUT2D eigenvalue weighted by atomic mass is 32.1. The first-order valence-corrected chi connectivity index (χ1v) is 9.56. The summed E-state index contributed by atoms with van der Waals surface area (Å²) in [4.78, 5) is 23.7. The molecule has 1 amide bonds. The summed E-state index contributed by atoms with van der Waals surface area (Å²) in [6.45, 7) is 6.53. The van der Waals surface area contributed by atoms with Crippen molar-refractivity contribution >= 4 is 28.6 Å². The molecule has 1 aliphatic rings. The Balaban J connectivity index is 1.65. The van der Waals surface area contributed by atoms with Gasteiger partial charge < -0.3 is 11.1 Å². The van der Waals surface area contributed by atoms with Crippen molar-refractivity contribution in [2.24, 2.45) is 11.7 Å². The molecule has 0 radical (unpaired) electrons. The molecule has 0 spiro atoms. The second kappa shape index (κ2) is 6.67. The maximum atomic E-state index is 12.3. The van der Waals surface area contributed by atoms with Crippen molar-refractivity contribution in [2.45, 2.75) is 52.6 Å². The van der Waals surface area contributed by atoms with Crippen LogP contribution in [0, 0.1) is 12.8 Å². The summed E-state index contributed by atoms with van der Waals surface area (Å²) in [7, 11) is 0. The fourth-order valence-electron chi connectivity index (χ4n) is 2.73. The second-order valence-electron chi connectivity index (χ2n) is 6.25. The van der Waals surface area contributed by atoms with Crippen LogP contribution in [0.1, 0.15) is 62.3 Å². The number of nitrogens with zero attached hydrogens (tertiary/aromatic N) is 2. The zero-order valence-electron chi connectivity index (χ0n) is 13.7. The Kier molecular flexibility index (Phi) is 4.79. The monoisotopic (exact) mass is 350 g/mol. The van der Waals surface area contributed by atoms with Crippen molar-refractivity contribution in [2.75, 3.05) is 0 Å². The third-order valence-electron chi connectivity index (χ3n) is 4.05. The molecule has 2 atom stereocenters. The van der Waals surface area contributed by atoms with Crippen molar-refractivity contribution < 1.29 is 4.79 Å². The van der Waals surface area contributed by atoms with E-state index in [0.29, 0.717) is 12.2 Å². The summed E-state index contributed by atoms with van der Waals surface area (Å²) < 4.78 is 0. The second-order valence-corrected chi connectivity index (χ2v) is 8.66. The molecule has 124 valence electrons. The van der Waals surface area contributed by atoms with Crippen LogP contribution < -0.4 is 11.1 Å². The smallest absolute Gasteiger partial charge is 0.271 e. The van der Waals surface area contributed by atoms with E-state index in [9.17, 15) is 4.79 Å². The van der Waals surface area contributed by atoms with Crippen LogP contribution in [-0.4, -0.2) is 15.9 Å². The zero-order chi connectivity index (χ0) is 16.6. The van der Waals surface area contributed by atoms with Gasteiger partial charge in [-0.25, -0.2) is 9.97 Å². The van der Waals surface area contributed by atoms with E-state index in [1.807, 2.05) is 13.8 Å². The van der Waals surface area contributed by atoms with Crippen LogP contribution in [0.4, 0.5) is 0 Å². The van der Waals surface area contributed by atoms with E-state index in [1.165, 1.54) is 28.3 Å². The summed E-state index contributed by atoms with van der Waals surface area (Å²) in [5.74, 6) is 0.590. The van der Waals surface area contributed by atoms with Crippen molar-refractivity contribution in [3.63, 3.8) is 0 Å². The number of rotatable bonds is 4. The Bertz CT molecular complexity index is 720. The summed E-state index contributed by atoms with van der Waals surface area (Å²) in [6, 6.07) is -0.145. The minimum absolute atomic E-state index is 0.145. The van der Waals surface area contributed by atoms with Crippen molar-refractivity contribution in [3.05, 3.63) is 31.2 Å². The number of amides is 1. The molecule has 0 saturated carbocycles. The Morgan fingerprint density at radius 1 is 1.43 bits per heavy atom.